The van der Waals surface area contributed by atoms with Gasteiger partial charge in [0.05, 0.1) is 22.4 Å². The van der Waals surface area contributed by atoms with Crippen LogP contribution in [0.3, 0.4) is 0 Å². The van der Waals surface area contributed by atoms with Gasteiger partial charge in [-0.15, -0.1) is 11.8 Å². The average molecular weight is 404 g/mol. The van der Waals surface area contributed by atoms with Crippen LogP contribution in [0.25, 0.3) is 0 Å². The molecule has 0 radical (unpaired) electrons. The van der Waals surface area contributed by atoms with Crippen molar-refractivity contribution in [2.75, 3.05) is 5.32 Å². The van der Waals surface area contributed by atoms with Gasteiger partial charge in [0.15, 0.2) is 5.13 Å². The molecule has 3 aliphatic carbocycles. The second-order valence-corrected chi connectivity index (χ2v) is 11.6. The highest BCUT2D eigenvalue weighted by atomic mass is 32.2. The molecule has 0 aromatic carbocycles. The van der Waals surface area contributed by atoms with Crippen molar-refractivity contribution in [1.29, 1.82) is 0 Å². The maximum atomic E-state index is 12.7. The van der Waals surface area contributed by atoms with E-state index in [1.165, 1.54) is 37.0 Å². The lowest BCUT2D eigenvalue weighted by Crippen LogP contribution is -2.18. The van der Waals surface area contributed by atoms with Gasteiger partial charge < -0.3 is 9.73 Å². The normalized spacial score (nSPS) is 31.1. The van der Waals surface area contributed by atoms with Gasteiger partial charge in [-0.2, -0.15) is 0 Å². The lowest BCUT2D eigenvalue weighted by Gasteiger charge is -2.12. The zero-order valence-corrected chi connectivity index (χ0v) is 17.6. The SMILES string of the molecule is CC(C)(C)c1cnc(CSc2cnc(NC(=O)C3C4C[C@@H]5CCC43C5)s2)o1. The lowest BCUT2D eigenvalue weighted by atomic mass is 9.94. The summed E-state index contributed by atoms with van der Waals surface area (Å²) >= 11 is 3.18. The number of rotatable bonds is 5. The van der Waals surface area contributed by atoms with Crippen LogP contribution in [0, 0.1) is 23.2 Å². The fourth-order valence-electron chi connectivity index (χ4n) is 5.21. The summed E-state index contributed by atoms with van der Waals surface area (Å²) in [4.78, 5) is 21.4. The van der Waals surface area contributed by atoms with Gasteiger partial charge in [-0.1, -0.05) is 32.1 Å². The molecule has 2 aromatic rings. The number of thiazole rings is 1. The van der Waals surface area contributed by atoms with Gasteiger partial charge in [0.2, 0.25) is 11.8 Å². The first-order valence-electron chi connectivity index (χ1n) is 9.70. The van der Waals surface area contributed by atoms with Gasteiger partial charge in [-0.25, -0.2) is 9.97 Å². The van der Waals surface area contributed by atoms with E-state index in [4.69, 9.17) is 4.42 Å². The van der Waals surface area contributed by atoms with E-state index in [0.717, 1.165) is 21.8 Å². The van der Waals surface area contributed by atoms with Crippen LogP contribution in [-0.2, 0) is 16.0 Å². The maximum absolute atomic E-state index is 12.7. The monoisotopic (exact) mass is 403 g/mol. The van der Waals surface area contributed by atoms with Gasteiger partial charge in [-0.3, -0.25) is 4.79 Å². The first kappa shape index (κ1) is 17.7. The summed E-state index contributed by atoms with van der Waals surface area (Å²) in [5, 5.41) is 3.78. The van der Waals surface area contributed by atoms with Gasteiger partial charge in [-0.05, 0) is 42.9 Å². The number of hydrogen-bond acceptors (Lipinski definition) is 6. The largest absolute Gasteiger partial charge is 0.444 e. The van der Waals surface area contributed by atoms with Gasteiger partial charge >= 0.3 is 0 Å². The highest BCUT2D eigenvalue weighted by molar-refractivity contribution is 8.00. The predicted molar refractivity (Wildman–Crippen MR) is 107 cm³/mol. The van der Waals surface area contributed by atoms with Crippen molar-refractivity contribution in [3.8, 4) is 0 Å². The van der Waals surface area contributed by atoms with Crippen molar-refractivity contribution < 1.29 is 9.21 Å². The molecule has 1 amide bonds. The number of nitrogens with zero attached hydrogens (tertiary/aromatic N) is 2. The Balaban J connectivity index is 1.16. The molecule has 0 saturated heterocycles. The summed E-state index contributed by atoms with van der Waals surface area (Å²) < 4.78 is 6.90. The molecular weight excluding hydrogens is 378 g/mol. The number of carbonyl (C=O) groups excluding carboxylic acids is 1. The van der Waals surface area contributed by atoms with Gasteiger partial charge in [0.25, 0.3) is 0 Å². The molecule has 7 heteroatoms. The minimum Gasteiger partial charge on any atom is -0.444 e. The Bertz CT molecular complexity index is 884. The Morgan fingerprint density at radius 2 is 2.26 bits per heavy atom. The Morgan fingerprint density at radius 1 is 1.41 bits per heavy atom. The number of anilines is 1. The average Bonchev–Trinajstić information content (AvgIpc) is 3.16. The molecule has 5 rings (SSSR count). The summed E-state index contributed by atoms with van der Waals surface area (Å²) in [6.45, 7) is 6.34. The van der Waals surface area contributed by atoms with Crippen molar-refractivity contribution in [3.63, 3.8) is 0 Å². The number of carbonyl (C=O) groups is 1. The van der Waals surface area contributed by atoms with Crippen LogP contribution in [0.4, 0.5) is 5.13 Å². The second kappa shape index (κ2) is 6.08. The molecule has 1 spiro atoms. The zero-order chi connectivity index (χ0) is 18.8. The number of fused-ring (bicyclic) bond motifs is 1. The van der Waals surface area contributed by atoms with E-state index in [-0.39, 0.29) is 17.2 Å². The molecule has 2 heterocycles. The molecular formula is C20H25N3O2S2. The highest BCUT2D eigenvalue weighted by Crippen LogP contribution is 2.77. The van der Waals surface area contributed by atoms with E-state index in [9.17, 15) is 4.79 Å². The van der Waals surface area contributed by atoms with Crippen LogP contribution in [0.2, 0.25) is 0 Å². The predicted octanol–water partition coefficient (Wildman–Crippen LogP) is 5.10. The van der Waals surface area contributed by atoms with Crippen molar-refractivity contribution in [2.24, 2.45) is 23.2 Å². The fraction of sp³-hybridized carbons (Fsp3) is 0.650. The summed E-state index contributed by atoms with van der Waals surface area (Å²) in [6, 6.07) is 0. The number of amides is 1. The molecule has 2 aromatic heterocycles. The molecule has 5 nitrogen and oxygen atoms in total. The van der Waals surface area contributed by atoms with Crippen LogP contribution >= 0.6 is 23.1 Å². The molecule has 2 bridgehead atoms. The highest BCUT2D eigenvalue weighted by Gasteiger charge is 2.73. The molecule has 3 unspecified atom stereocenters. The zero-order valence-electron chi connectivity index (χ0n) is 15.9. The summed E-state index contributed by atoms with van der Waals surface area (Å²) in [6.07, 6.45) is 8.78. The molecule has 0 aliphatic heterocycles. The molecule has 1 N–H and O–H groups in total. The summed E-state index contributed by atoms with van der Waals surface area (Å²) in [5.74, 6) is 4.26. The molecule has 144 valence electrons. The van der Waals surface area contributed by atoms with Crippen LogP contribution in [0.1, 0.15) is 58.1 Å². The Hall–Kier alpha value is -1.34. The third-order valence-electron chi connectivity index (χ3n) is 6.55. The number of oxazole rings is 1. The summed E-state index contributed by atoms with van der Waals surface area (Å²) in [7, 11) is 0. The Kier molecular flexibility index (Phi) is 3.99. The standard InChI is InChI=1S/C20H25N3O2S2/c1-19(2,3)13-8-21-14(25-13)10-26-15-9-22-18(27-15)23-17(24)16-12-6-11-4-5-20(12,16)7-11/h8-9,11-12,16H,4-7,10H2,1-3H3,(H,22,23,24)/t11-,12?,16?,20?/m0/s1. The minimum atomic E-state index is -0.0300. The third-order valence-corrected chi connectivity index (χ3v) is 8.65. The van der Waals surface area contributed by atoms with E-state index < -0.39 is 0 Å². The molecule has 3 saturated carbocycles. The quantitative estimate of drug-likeness (QED) is 0.704. The van der Waals surface area contributed by atoms with Crippen LogP contribution in [0.5, 0.6) is 0 Å². The van der Waals surface area contributed by atoms with Crippen molar-refractivity contribution in [1.82, 2.24) is 9.97 Å². The topological polar surface area (TPSA) is 68.0 Å². The Labute approximate surface area is 167 Å². The van der Waals surface area contributed by atoms with Crippen LogP contribution in [0.15, 0.2) is 21.0 Å². The number of nitrogens with one attached hydrogen (secondary N) is 1. The Morgan fingerprint density at radius 3 is 2.93 bits per heavy atom. The van der Waals surface area contributed by atoms with E-state index >= 15 is 0 Å². The minimum absolute atomic E-state index is 0.0300. The maximum Gasteiger partial charge on any atom is 0.230 e. The number of thioether (sulfide) groups is 1. The van der Waals surface area contributed by atoms with E-state index in [1.54, 1.807) is 11.8 Å². The first-order chi connectivity index (χ1) is 12.8. The second-order valence-electron chi connectivity index (χ2n) is 9.29. The van der Waals surface area contributed by atoms with Crippen LogP contribution < -0.4 is 5.32 Å². The smallest absolute Gasteiger partial charge is 0.230 e. The summed E-state index contributed by atoms with van der Waals surface area (Å²) in [5.41, 5.74) is 0.330. The van der Waals surface area contributed by atoms with E-state index in [1.807, 2.05) is 12.4 Å². The van der Waals surface area contributed by atoms with Gasteiger partial charge in [0, 0.05) is 11.3 Å². The van der Waals surface area contributed by atoms with Crippen molar-refractivity contribution in [3.05, 3.63) is 24.0 Å². The van der Waals surface area contributed by atoms with Crippen molar-refractivity contribution in [2.45, 2.75) is 61.8 Å². The molecule has 3 aliphatic rings. The molecule has 3 fully saturated rings. The van der Waals surface area contributed by atoms with E-state index in [0.29, 0.717) is 22.2 Å². The lowest BCUT2D eigenvalue weighted by molar-refractivity contribution is -0.118. The number of aromatic nitrogens is 2. The van der Waals surface area contributed by atoms with E-state index in [2.05, 4.69) is 36.1 Å². The fourth-order valence-corrected chi connectivity index (χ4v) is 6.94. The van der Waals surface area contributed by atoms with Crippen LogP contribution in [-0.4, -0.2) is 15.9 Å². The van der Waals surface area contributed by atoms with Crippen molar-refractivity contribution >= 4 is 34.1 Å². The first-order valence-corrected chi connectivity index (χ1v) is 11.5. The third kappa shape index (κ3) is 3.03. The van der Waals surface area contributed by atoms with Gasteiger partial charge in [0.1, 0.15) is 5.76 Å². The molecule has 27 heavy (non-hydrogen) atoms. The molecule has 4 atom stereocenters. The number of hydrogen-bond donors (Lipinski definition) is 1.